The number of aromatic nitrogens is 1. The lowest BCUT2D eigenvalue weighted by Gasteiger charge is -2.05. The van der Waals surface area contributed by atoms with E-state index < -0.39 is 0 Å². The molecule has 92 valence electrons. The average Bonchev–Trinajstić information content (AvgIpc) is 2.38. The number of carbonyl (C=O) groups is 1. The third-order valence-corrected chi connectivity index (χ3v) is 2.69. The highest BCUT2D eigenvalue weighted by atomic mass is 35.5. The molecule has 0 spiro atoms. The van der Waals surface area contributed by atoms with E-state index in [0.717, 1.165) is 5.56 Å². The number of rotatable bonds is 4. The van der Waals surface area contributed by atoms with Crippen LogP contribution in [0.2, 0.25) is 5.02 Å². The van der Waals surface area contributed by atoms with Crippen molar-refractivity contribution in [1.29, 1.82) is 0 Å². The van der Waals surface area contributed by atoms with Gasteiger partial charge in [-0.2, -0.15) is 0 Å². The summed E-state index contributed by atoms with van der Waals surface area (Å²) >= 11 is 5.79. The Kier molecular flexibility index (Phi) is 3.95. The van der Waals surface area contributed by atoms with Gasteiger partial charge in [0.25, 0.3) is 0 Å². The fraction of sp³-hybridized carbons (Fsp3) is 0.143. The number of hydrogen-bond donors (Lipinski definition) is 0. The molecule has 1 heterocycles. The highest BCUT2D eigenvalue weighted by molar-refractivity contribution is 6.30. The van der Waals surface area contributed by atoms with Gasteiger partial charge in [0.2, 0.25) is 5.88 Å². The first-order valence-electron chi connectivity index (χ1n) is 5.49. The zero-order valence-corrected chi connectivity index (χ0v) is 10.6. The molecular formula is C14H12ClNO2. The van der Waals surface area contributed by atoms with Crippen molar-refractivity contribution in [3.05, 3.63) is 58.7 Å². The van der Waals surface area contributed by atoms with Crippen LogP contribution in [0.4, 0.5) is 0 Å². The summed E-state index contributed by atoms with van der Waals surface area (Å²) in [5, 5.41) is 0.697. The summed E-state index contributed by atoms with van der Waals surface area (Å²) < 4.78 is 5.50. The van der Waals surface area contributed by atoms with Gasteiger partial charge in [-0.25, -0.2) is 4.98 Å². The van der Waals surface area contributed by atoms with Gasteiger partial charge in [0.05, 0.1) is 0 Å². The van der Waals surface area contributed by atoms with Crippen LogP contribution < -0.4 is 4.74 Å². The maximum Gasteiger partial charge on any atom is 0.213 e. The first kappa shape index (κ1) is 12.6. The van der Waals surface area contributed by atoms with Crippen LogP contribution in [0.25, 0.3) is 0 Å². The molecule has 0 radical (unpaired) electrons. The van der Waals surface area contributed by atoms with E-state index >= 15 is 0 Å². The lowest BCUT2D eigenvalue weighted by atomic mass is 10.2. The molecule has 0 aliphatic rings. The smallest absolute Gasteiger partial charge is 0.213 e. The number of pyridine rings is 1. The molecule has 0 atom stereocenters. The number of halogens is 1. The molecule has 0 unspecified atom stereocenters. The van der Waals surface area contributed by atoms with Gasteiger partial charge in [0.1, 0.15) is 6.61 Å². The van der Waals surface area contributed by atoms with Crippen molar-refractivity contribution in [3.8, 4) is 5.88 Å². The third kappa shape index (κ3) is 3.31. The molecule has 2 aromatic rings. The monoisotopic (exact) mass is 261 g/mol. The SMILES string of the molecule is CC(=O)c1ccc(OCc2ccc(Cl)cc2)nc1. The van der Waals surface area contributed by atoms with E-state index in [1.54, 1.807) is 12.1 Å². The van der Waals surface area contributed by atoms with Crippen LogP contribution in [0.1, 0.15) is 22.8 Å². The highest BCUT2D eigenvalue weighted by Gasteiger charge is 2.01. The van der Waals surface area contributed by atoms with Crippen molar-refractivity contribution in [2.24, 2.45) is 0 Å². The van der Waals surface area contributed by atoms with Crippen molar-refractivity contribution in [1.82, 2.24) is 4.98 Å². The van der Waals surface area contributed by atoms with Crippen LogP contribution in [-0.4, -0.2) is 10.8 Å². The predicted octanol–water partition coefficient (Wildman–Crippen LogP) is 3.52. The van der Waals surface area contributed by atoms with Crippen molar-refractivity contribution in [3.63, 3.8) is 0 Å². The minimum absolute atomic E-state index is 0.00764. The Morgan fingerprint density at radius 2 is 1.94 bits per heavy atom. The first-order chi connectivity index (χ1) is 8.65. The largest absolute Gasteiger partial charge is 0.473 e. The summed E-state index contributed by atoms with van der Waals surface area (Å²) in [6.07, 6.45) is 1.51. The Morgan fingerprint density at radius 1 is 1.22 bits per heavy atom. The Balaban J connectivity index is 1.97. The van der Waals surface area contributed by atoms with Crippen molar-refractivity contribution >= 4 is 17.4 Å². The second-order valence-corrected chi connectivity index (χ2v) is 4.29. The van der Waals surface area contributed by atoms with Gasteiger partial charge in [0, 0.05) is 22.8 Å². The molecule has 0 bridgehead atoms. The number of benzene rings is 1. The predicted molar refractivity (Wildman–Crippen MR) is 70.0 cm³/mol. The van der Waals surface area contributed by atoms with Crippen LogP contribution in [0.5, 0.6) is 5.88 Å². The van der Waals surface area contributed by atoms with E-state index in [1.807, 2.05) is 24.3 Å². The zero-order chi connectivity index (χ0) is 13.0. The van der Waals surface area contributed by atoms with Gasteiger partial charge in [-0.05, 0) is 30.7 Å². The summed E-state index contributed by atoms with van der Waals surface area (Å²) in [6, 6.07) is 10.8. The summed E-state index contributed by atoms with van der Waals surface area (Å²) in [4.78, 5) is 15.1. The van der Waals surface area contributed by atoms with Gasteiger partial charge < -0.3 is 4.74 Å². The Bertz CT molecular complexity index is 535. The number of hydrogen-bond acceptors (Lipinski definition) is 3. The number of ketones is 1. The van der Waals surface area contributed by atoms with Crippen LogP contribution in [0.15, 0.2) is 42.6 Å². The Hall–Kier alpha value is -1.87. The molecule has 0 saturated carbocycles. The topological polar surface area (TPSA) is 39.2 Å². The average molecular weight is 262 g/mol. The number of ether oxygens (including phenoxy) is 1. The number of carbonyl (C=O) groups excluding carboxylic acids is 1. The van der Waals surface area contributed by atoms with Gasteiger partial charge in [0.15, 0.2) is 5.78 Å². The van der Waals surface area contributed by atoms with E-state index in [0.29, 0.717) is 23.1 Å². The summed E-state index contributed by atoms with van der Waals surface area (Å²) in [6.45, 7) is 1.93. The molecule has 0 amide bonds. The molecule has 18 heavy (non-hydrogen) atoms. The maximum atomic E-state index is 11.1. The van der Waals surface area contributed by atoms with Crippen molar-refractivity contribution in [2.45, 2.75) is 13.5 Å². The second kappa shape index (κ2) is 5.65. The minimum Gasteiger partial charge on any atom is -0.473 e. The normalized spacial score (nSPS) is 10.1. The van der Waals surface area contributed by atoms with Crippen LogP contribution in [0, 0.1) is 0 Å². The first-order valence-corrected chi connectivity index (χ1v) is 5.87. The molecule has 0 aliphatic carbocycles. The van der Waals surface area contributed by atoms with E-state index in [9.17, 15) is 4.79 Å². The Labute approximate surface area is 110 Å². The van der Waals surface area contributed by atoms with E-state index in [1.165, 1.54) is 13.1 Å². The molecule has 0 saturated heterocycles. The molecule has 1 aromatic carbocycles. The standard InChI is InChI=1S/C14H12ClNO2/c1-10(17)12-4-7-14(16-8-12)18-9-11-2-5-13(15)6-3-11/h2-8H,9H2,1H3. The third-order valence-electron chi connectivity index (χ3n) is 2.44. The molecule has 1 aromatic heterocycles. The molecule has 2 rings (SSSR count). The van der Waals surface area contributed by atoms with Crippen molar-refractivity contribution < 1.29 is 9.53 Å². The number of nitrogens with zero attached hydrogens (tertiary/aromatic N) is 1. The molecule has 0 N–H and O–H groups in total. The summed E-state index contributed by atoms with van der Waals surface area (Å²) in [5.41, 5.74) is 1.59. The van der Waals surface area contributed by atoms with Crippen LogP contribution in [0.3, 0.4) is 0 Å². The summed E-state index contributed by atoms with van der Waals surface area (Å²) in [7, 11) is 0. The van der Waals surface area contributed by atoms with Crippen molar-refractivity contribution in [2.75, 3.05) is 0 Å². The quantitative estimate of drug-likeness (QED) is 0.791. The van der Waals surface area contributed by atoms with E-state index in [4.69, 9.17) is 16.3 Å². The minimum atomic E-state index is -0.00764. The molecule has 3 nitrogen and oxygen atoms in total. The zero-order valence-electron chi connectivity index (χ0n) is 9.89. The van der Waals surface area contributed by atoms with Crippen LogP contribution in [-0.2, 0) is 6.61 Å². The van der Waals surface area contributed by atoms with Gasteiger partial charge in [-0.15, -0.1) is 0 Å². The Morgan fingerprint density at radius 3 is 2.50 bits per heavy atom. The maximum absolute atomic E-state index is 11.1. The number of Topliss-reactive ketones (excluding diaryl/α,β-unsaturated/α-hetero) is 1. The fourth-order valence-corrected chi connectivity index (χ4v) is 1.54. The van der Waals surface area contributed by atoms with E-state index in [2.05, 4.69) is 4.98 Å². The second-order valence-electron chi connectivity index (χ2n) is 3.86. The summed E-state index contributed by atoms with van der Waals surface area (Å²) in [5.74, 6) is 0.488. The molecule has 0 fully saturated rings. The molecule has 4 heteroatoms. The van der Waals surface area contributed by atoms with Gasteiger partial charge >= 0.3 is 0 Å². The van der Waals surface area contributed by atoms with Crippen LogP contribution >= 0.6 is 11.6 Å². The lowest BCUT2D eigenvalue weighted by Crippen LogP contribution is -1.98. The lowest BCUT2D eigenvalue weighted by molar-refractivity contribution is 0.101. The molecule has 0 aliphatic heterocycles. The fourth-order valence-electron chi connectivity index (χ4n) is 1.41. The highest BCUT2D eigenvalue weighted by Crippen LogP contribution is 2.13. The van der Waals surface area contributed by atoms with Gasteiger partial charge in [-0.1, -0.05) is 23.7 Å². The van der Waals surface area contributed by atoms with E-state index in [-0.39, 0.29) is 5.78 Å². The molecular weight excluding hydrogens is 250 g/mol. The van der Waals surface area contributed by atoms with Gasteiger partial charge in [-0.3, -0.25) is 4.79 Å².